The molecule has 0 saturated heterocycles. The van der Waals surface area contributed by atoms with Crippen LogP contribution in [0.25, 0.3) is 0 Å². The molecule has 2 heterocycles. The molecule has 2 aromatic heterocycles. The lowest BCUT2D eigenvalue weighted by Crippen LogP contribution is -2.25. The van der Waals surface area contributed by atoms with Gasteiger partial charge in [0.05, 0.1) is 22.6 Å². The quantitative estimate of drug-likeness (QED) is 0.817. The summed E-state index contributed by atoms with van der Waals surface area (Å²) < 4.78 is 2.85. The van der Waals surface area contributed by atoms with Gasteiger partial charge in [0.2, 0.25) is 0 Å². The van der Waals surface area contributed by atoms with Gasteiger partial charge >= 0.3 is 0 Å². The maximum atomic E-state index is 11.8. The second kappa shape index (κ2) is 7.14. The average molecular weight is 338 g/mol. The lowest BCUT2D eigenvalue weighted by molar-refractivity contribution is 0.0947. The van der Waals surface area contributed by atoms with Gasteiger partial charge in [-0.05, 0) is 35.7 Å². The first-order valence-corrected chi connectivity index (χ1v) is 7.19. The van der Waals surface area contributed by atoms with Gasteiger partial charge in [0.25, 0.3) is 5.91 Å². The lowest BCUT2D eigenvalue weighted by atomic mass is 10.3. The van der Waals surface area contributed by atoms with Crippen LogP contribution in [-0.4, -0.2) is 32.2 Å². The van der Waals surface area contributed by atoms with Crippen LogP contribution in [-0.2, 0) is 6.54 Å². The van der Waals surface area contributed by atoms with Gasteiger partial charge in [-0.15, -0.1) is 0 Å². The highest BCUT2D eigenvalue weighted by molar-refractivity contribution is 9.10. The number of carbonyl (C=O) groups is 1. The molecule has 0 aliphatic rings. The summed E-state index contributed by atoms with van der Waals surface area (Å²) in [7, 11) is 0. The minimum Gasteiger partial charge on any atom is -0.351 e. The van der Waals surface area contributed by atoms with Crippen molar-refractivity contribution in [2.75, 3.05) is 6.54 Å². The Balaban J connectivity index is 1.65. The summed E-state index contributed by atoms with van der Waals surface area (Å²) in [6.45, 7) is 3.30. The Morgan fingerprint density at radius 2 is 2.15 bits per heavy atom. The lowest BCUT2D eigenvalue weighted by Gasteiger charge is -2.05. The number of rotatable bonds is 6. The zero-order chi connectivity index (χ0) is 14.4. The van der Waals surface area contributed by atoms with E-state index in [1.165, 1.54) is 6.20 Å². The highest BCUT2D eigenvalue weighted by atomic mass is 79.9. The van der Waals surface area contributed by atoms with Crippen molar-refractivity contribution in [1.82, 2.24) is 25.1 Å². The number of nitrogens with one attached hydrogen (secondary N) is 1. The van der Waals surface area contributed by atoms with E-state index in [0.29, 0.717) is 12.2 Å². The maximum Gasteiger partial charge on any atom is 0.271 e. The smallest absolute Gasteiger partial charge is 0.271 e. The summed E-state index contributed by atoms with van der Waals surface area (Å²) >= 11 is 3.35. The number of amides is 1. The van der Waals surface area contributed by atoms with E-state index in [1.807, 2.05) is 17.8 Å². The molecule has 0 aliphatic carbocycles. The number of unbranched alkanes of at least 4 members (excludes halogenated alkanes) is 1. The third-order valence-electron chi connectivity index (χ3n) is 2.71. The van der Waals surface area contributed by atoms with Crippen LogP contribution in [0.4, 0.5) is 0 Å². The van der Waals surface area contributed by atoms with E-state index in [0.717, 1.165) is 29.6 Å². The highest BCUT2D eigenvalue weighted by Gasteiger charge is 2.06. The first-order valence-electron chi connectivity index (χ1n) is 6.40. The van der Waals surface area contributed by atoms with Crippen LogP contribution in [0.5, 0.6) is 0 Å². The normalized spacial score (nSPS) is 10.5. The zero-order valence-electron chi connectivity index (χ0n) is 11.2. The first-order chi connectivity index (χ1) is 9.65. The van der Waals surface area contributed by atoms with Crippen molar-refractivity contribution in [3.63, 3.8) is 0 Å². The van der Waals surface area contributed by atoms with E-state index in [2.05, 4.69) is 36.3 Å². The molecule has 1 N–H and O–H groups in total. The van der Waals surface area contributed by atoms with Gasteiger partial charge < -0.3 is 5.32 Å². The molecule has 0 bridgehead atoms. The van der Waals surface area contributed by atoms with Crippen LogP contribution in [0.2, 0.25) is 0 Å². The van der Waals surface area contributed by atoms with E-state index < -0.39 is 0 Å². The SMILES string of the molecule is Cc1cnc(C(=O)NCCCCn2cc(Br)cn2)cn1. The molecule has 2 rings (SSSR count). The predicted molar refractivity (Wildman–Crippen MR) is 78.3 cm³/mol. The monoisotopic (exact) mass is 337 g/mol. The van der Waals surface area contributed by atoms with Crippen LogP contribution in [0.3, 0.4) is 0 Å². The number of aryl methyl sites for hydroxylation is 2. The molecule has 0 radical (unpaired) electrons. The van der Waals surface area contributed by atoms with Crippen LogP contribution < -0.4 is 5.32 Å². The Morgan fingerprint density at radius 3 is 2.80 bits per heavy atom. The highest BCUT2D eigenvalue weighted by Crippen LogP contribution is 2.06. The fraction of sp³-hybridized carbons (Fsp3) is 0.385. The van der Waals surface area contributed by atoms with Crippen molar-refractivity contribution in [3.8, 4) is 0 Å². The number of halogens is 1. The minimum atomic E-state index is -0.181. The van der Waals surface area contributed by atoms with Gasteiger partial charge in [-0.2, -0.15) is 5.10 Å². The van der Waals surface area contributed by atoms with Crippen LogP contribution >= 0.6 is 15.9 Å². The Morgan fingerprint density at radius 1 is 1.30 bits per heavy atom. The average Bonchev–Trinajstić information content (AvgIpc) is 2.84. The minimum absolute atomic E-state index is 0.181. The maximum absolute atomic E-state index is 11.8. The summed E-state index contributed by atoms with van der Waals surface area (Å²) in [5, 5.41) is 7.00. The number of aromatic nitrogens is 4. The Hall–Kier alpha value is -1.76. The Labute approximate surface area is 125 Å². The van der Waals surface area contributed by atoms with Gasteiger partial charge in [-0.3, -0.25) is 14.5 Å². The van der Waals surface area contributed by atoms with Crippen molar-refractivity contribution in [3.05, 3.63) is 40.6 Å². The molecule has 0 spiro atoms. The van der Waals surface area contributed by atoms with Crippen molar-refractivity contribution >= 4 is 21.8 Å². The van der Waals surface area contributed by atoms with E-state index in [1.54, 1.807) is 12.4 Å². The molecule has 1 amide bonds. The van der Waals surface area contributed by atoms with Crippen LogP contribution in [0.15, 0.2) is 29.3 Å². The fourth-order valence-corrected chi connectivity index (χ4v) is 1.99. The molecular weight excluding hydrogens is 322 g/mol. The molecule has 2 aromatic rings. The molecule has 0 aliphatic heterocycles. The molecule has 0 saturated carbocycles. The standard InChI is InChI=1S/C13H16BrN5O/c1-10-6-17-12(8-16-10)13(20)15-4-2-3-5-19-9-11(14)7-18-19/h6-9H,2-5H2,1H3,(H,15,20). The molecule has 0 unspecified atom stereocenters. The Bertz CT molecular complexity index is 566. The summed E-state index contributed by atoms with van der Waals surface area (Å²) in [6, 6.07) is 0. The molecule has 0 fully saturated rings. The van der Waals surface area contributed by atoms with E-state index in [-0.39, 0.29) is 5.91 Å². The number of carbonyl (C=O) groups excluding carboxylic acids is 1. The largest absolute Gasteiger partial charge is 0.351 e. The van der Waals surface area contributed by atoms with E-state index in [4.69, 9.17) is 0 Å². The van der Waals surface area contributed by atoms with Gasteiger partial charge in [0, 0.05) is 25.5 Å². The third kappa shape index (κ3) is 4.41. The van der Waals surface area contributed by atoms with Crippen molar-refractivity contribution in [1.29, 1.82) is 0 Å². The van der Waals surface area contributed by atoms with Gasteiger partial charge in [0.15, 0.2) is 0 Å². The number of hydrogen-bond acceptors (Lipinski definition) is 4. The molecule has 0 atom stereocenters. The Kier molecular flexibility index (Phi) is 5.23. The second-order valence-corrected chi connectivity index (χ2v) is 5.34. The van der Waals surface area contributed by atoms with Crippen molar-refractivity contribution in [2.45, 2.75) is 26.3 Å². The number of nitrogens with zero attached hydrogens (tertiary/aromatic N) is 4. The molecule has 0 aromatic carbocycles. The number of hydrogen-bond donors (Lipinski definition) is 1. The molecule has 7 heteroatoms. The molecule has 20 heavy (non-hydrogen) atoms. The summed E-state index contributed by atoms with van der Waals surface area (Å²) in [5.41, 5.74) is 1.15. The summed E-state index contributed by atoms with van der Waals surface area (Å²) in [4.78, 5) is 19.8. The molecule has 6 nitrogen and oxygen atoms in total. The van der Waals surface area contributed by atoms with Crippen molar-refractivity contribution in [2.24, 2.45) is 0 Å². The van der Waals surface area contributed by atoms with E-state index >= 15 is 0 Å². The first kappa shape index (κ1) is 14.6. The van der Waals surface area contributed by atoms with Gasteiger partial charge in [-0.25, -0.2) is 4.98 Å². The second-order valence-electron chi connectivity index (χ2n) is 4.43. The zero-order valence-corrected chi connectivity index (χ0v) is 12.8. The van der Waals surface area contributed by atoms with E-state index in [9.17, 15) is 4.79 Å². The predicted octanol–water partition coefficient (Wildman–Crippen LogP) is 1.95. The topological polar surface area (TPSA) is 72.7 Å². The molecular formula is C13H16BrN5O. The van der Waals surface area contributed by atoms with Gasteiger partial charge in [0.1, 0.15) is 5.69 Å². The third-order valence-corrected chi connectivity index (χ3v) is 3.12. The van der Waals surface area contributed by atoms with Gasteiger partial charge in [-0.1, -0.05) is 0 Å². The van der Waals surface area contributed by atoms with Crippen molar-refractivity contribution < 1.29 is 4.79 Å². The molecule has 106 valence electrons. The summed E-state index contributed by atoms with van der Waals surface area (Å²) in [6.07, 6.45) is 8.62. The van der Waals surface area contributed by atoms with Crippen LogP contribution in [0, 0.1) is 6.92 Å². The van der Waals surface area contributed by atoms with Crippen LogP contribution in [0.1, 0.15) is 29.0 Å². The fourth-order valence-electron chi connectivity index (χ4n) is 1.66. The summed E-state index contributed by atoms with van der Waals surface area (Å²) in [5.74, 6) is -0.181.